The Morgan fingerprint density at radius 3 is 2.35 bits per heavy atom. The van der Waals surface area contributed by atoms with Crippen molar-refractivity contribution in [3.8, 4) is 0 Å². The third-order valence-corrected chi connectivity index (χ3v) is 7.92. The molecule has 2 fully saturated rings. The number of hydrogen-bond acceptors (Lipinski definition) is 7. The maximum absolute atomic E-state index is 15.2. The summed E-state index contributed by atoms with van der Waals surface area (Å²) in [7, 11) is -3.15. The first-order valence-electron chi connectivity index (χ1n) is 11.8. The first-order valence-corrected chi connectivity index (χ1v) is 13.5. The smallest absolute Gasteiger partial charge is 0.416 e. The number of carbonyl (C=O) groups excluding carboxylic acids is 3. The molecule has 16 heteroatoms. The molecule has 0 saturated carbocycles. The molecule has 216 valence electrons. The number of cyclic esters (lactones) is 1. The molecule has 11 nitrogen and oxygen atoms in total. The second kappa shape index (κ2) is 11.7. The summed E-state index contributed by atoms with van der Waals surface area (Å²) < 4.78 is 74.7. The van der Waals surface area contributed by atoms with Crippen molar-refractivity contribution in [2.24, 2.45) is 0 Å². The van der Waals surface area contributed by atoms with Gasteiger partial charge in [0.25, 0.3) is 5.91 Å². The van der Waals surface area contributed by atoms with Gasteiger partial charge in [-0.3, -0.25) is 19.3 Å². The summed E-state index contributed by atoms with van der Waals surface area (Å²) in [5, 5.41) is 4.41. The Kier molecular flexibility index (Phi) is 8.51. The van der Waals surface area contributed by atoms with Crippen LogP contribution in [0.2, 0.25) is 0 Å². The molecule has 2 aliphatic heterocycles. The molecule has 2 aliphatic rings. The number of nitrogens with zero attached hydrogens (tertiary/aromatic N) is 3. The number of anilines is 3. The standard InChI is InChI=1S/C24H25F4N5O6S/c1-14(34)29-15-3-5-17(6-4-15)40(2,37)33-8-7-31(9-10-38-33)21-18(25)11-16(12-19(21)26)32-13-20(39-24(32)36)30-23(35)22(27)28/h3-6,11-12,20,22H,2,7-10,13H2,1H3,(H,29,34)(H,30,35). The van der Waals surface area contributed by atoms with Gasteiger partial charge < -0.3 is 20.3 Å². The van der Waals surface area contributed by atoms with Crippen LogP contribution in [0.15, 0.2) is 41.3 Å². The lowest BCUT2D eigenvalue weighted by atomic mass is 10.2. The van der Waals surface area contributed by atoms with Gasteiger partial charge in [-0.15, -0.1) is 4.47 Å². The molecule has 2 heterocycles. The van der Waals surface area contributed by atoms with Gasteiger partial charge in [0.1, 0.15) is 5.69 Å². The Morgan fingerprint density at radius 1 is 1.10 bits per heavy atom. The van der Waals surface area contributed by atoms with Crippen molar-refractivity contribution in [2.45, 2.75) is 24.5 Å². The van der Waals surface area contributed by atoms with Gasteiger partial charge in [0.15, 0.2) is 17.9 Å². The van der Waals surface area contributed by atoms with Gasteiger partial charge in [-0.1, -0.05) is 0 Å². The molecule has 2 unspecified atom stereocenters. The van der Waals surface area contributed by atoms with E-state index >= 15 is 8.78 Å². The minimum absolute atomic E-state index is 0.00282. The summed E-state index contributed by atoms with van der Waals surface area (Å²) >= 11 is 0. The summed E-state index contributed by atoms with van der Waals surface area (Å²) in [5.41, 5.74) is -0.160. The van der Waals surface area contributed by atoms with Crippen molar-refractivity contribution >= 4 is 50.5 Å². The van der Waals surface area contributed by atoms with E-state index < -0.39 is 58.2 Å². The van der Waals surface area contributed by atoms with Crippen LogP contribution in [0.3, 0.4) is 0 Å². The number of ether oxygens (including phenoxy) is 1. The first-order chi connectivity index (χ1) is 18.9. The second-order valence-electron chi connectivity index (χ2n) is 8.77. The molecule has 2 aromatic carbocycles. The number of halogens is 4. The minimum Gasteiger partial charge on any atom is -0.423 e. The van der Waals surface area contributed by atoms with E-state index in [1.165, 1.54) is 24.0 Å². The van der Waals surface area contributed by atoms with E-state index in [0.717, 1.165) is 21.5 Å². The van der Waals surface area contributed by atoms with Crippen molar-refractivity contribution in [2.75, 3.05) is 47.9 Å². The lowest BCUT2D eigenvalue weighted by Crippen LogP contribution is -2.41. The summed E-state index contributed by atoms with van der Waals surface area (Å²) in [6.07, 6.45) is -5.84. The van der Waals surface area contributed by atoms with Gasteiger partial charge in [0, 0.05) is 42.7 Å². The number of hydroxylamine groups is 1. The Morgan fingerprint density at radius 2 is 1.75 bits per heavy atom. The molecule has 2 aromatic rings. The average Bonchev–Trinajstić information content (AvgIpc) is 3.07. The van der Waals surface area contributed by atoms with Gasteiger partial charge in [-0.05, 0) is 30.1 Å². The van der Waals surface area contributed by atoms with E-state index in [4.69, 9.17) is 9.57 Å². The van der Waals surface area contributed by atoms with Crippen LogP contribution in [0.25, 0.3) is 0 Å². The molecule has 0 radical (unpaired) electrons. The Hall–Kier alpha value is -3.89. The van der Waals surface area contributed by atoms with Gasteiger partial charge in [0.05, 0.1) is 35.1 Å². The largest absolute Gasteiger partial charge is 0.423 e. The van der Waals surface area contributed by atoms with Crippen LogP contribution in [0.5, 0.6) is 0 Å². The number of hydrogen-bond donors (Lipinski definition) is 2. The van der Waals surface area contributed by atoms with Crippen molar-refractivity contribution in [1.29, 1.82) is 0 Å². The summed E-state index contributed by atoms with van der Waals surface area (Å²) in [6.45, 7) is 0.809. The molecule has 3 amide bonds. The number of rotatable bonds is 7. The van der Waals surface area contributed by atoms with Crippen LogP contribution in [0, 0.1) is 11.6 Å². The zero-order valence-corrected chi connectivity index (χ0v) is 21.9. The molecule has 0 spiro atoms. The highest BCUT2D eigenvalue weighted by Gasteiger charge is 2.36. The molecule has 2 N–H and O–H groups in total. The topological polar surface area (TPSA) is 121 Å². The van der Waals surface area contributed by atoms with E-state index in [0.29, 0.717) is 10.6 Å². The van der Waals surface area contributed by atoms with Crippen molar-refractivity contribution < 1.29 is 45.7 Å². The quantitative estimate of drug-likeness (QED) is 0.377. The highest BCUT2D eigenvalue weighted by atomic mass is 32.2. The molecule has 40 heavy (non-hydrogen) atoms. The van der Waals surface area contributed by atoms with Crippen molar-refractivity contribution in [3.05, 3.63) is 48.0 Å². The molecule has 4 rings (SSSR count). The van der Waals surface area contributed by atoms with Crippen LogP contribution in [-0.4, -0.2) is 77.9 Å². The Bertz CT molecular complexity index is 1390. The van der Waals surface area contributed by atoms with Crippen LogP contribution < -0.4 is 20.4 Å². The zero-order valence-electron chi connectivity index (χ0n) is 21.1. The zero-order chi connectivity index (χ0) is 29.2. The fourth-order valence-electron chi connectivity index (χ4n) is 4.14. The van der Waals surface area contributed by atoms with E-state index in [9.17, 15) is 27.4 Å². The van der Waals surface area contributed by atoms with Crippen molar-refractivity contribution in [1.82, 2.24) is 9.79 Å². The lowest BCUT2D eigenvalue weighted by molar-refractivity contribution is -0.134. The molecular weight excluding hydrogens is 562 g/mol. The third-order valence-electron chi connectivity index (χ3n) is 5.96. The molecule has 2 saturated heterocycles. The second-order valence-corrected chi connectivity index (χ2v) is 10.9. The van der Waals surface area contributed by atoms with Crippen LogP contribution in [0.4, 0.5) is 39.4 Å². The maximum Gasteiger partial charge on any atom is 0.416 e. The van der Waals surface area contributed by atoms with Crippen LogP contribution in [0.1, 0.15) is 6.92 Å². The van der Waals surface area contributed by atoms with E-state index in [-0.39, 0.29) is 37.8 Å². The van der Waals surface area contributed by atoms with E-state index in [1.807, 2.05) is 5.32 Å². The minimum atomic E-state index is -3.33. The van der Waals surface area contributed by atoms with E-state index in [2.05, 4.69) is 11.2 Å². The predicted octanol–water partition coefficient (Wildman–Crippen LogP) is 2.33. The monoisotopic (exact) mass is 587 g/mol. The molecule has 2 atom stereocenters. The van der Waals surface area contributed by atoms with Crippen LogP contribution >= 0.6 is 0 Å². The van der Waals surface area contributed by atoms with Crippen LogP contribution in [-0.2, 0) is 28.9 Å². The molecule has 0 aromatic heterocycles. The van der Waals surface area contributed by atoms with E-state index in [1.54, 1.807) is 12.1 Å². The average molecular weight is 588 g/mol. The normalized spacial score (nSPS) is 19.6. The summed E-state index contributed by atoms with van der Waals surface area (Å²) in [4.78, 5) is 42.6. The van der Waals surface area contributed by atoms with Crippen molar-refractivity contribution in [3.63, 3.8) is 0 Å². The Labute approximate surface area is 226 Å². The predicted molar refractivity (Wildman–Crippen MR) is 137 cm³/mol. The molecular formula is C24H25F4N5O6S. The molecule has 0 aliphatic carbocycles. The fourth-order valence-corrected chi connectivity index (χ4v) is 5.56. The van der Waals surface area contributed by atoms with Gasteiger partial charge in [0.2, 0.25) is 5.91 Å². The molecule has 0 bridgehead atoms. The van der Waals surface area contributed by atoms with Gasteiger partial charge in [-0.2, -0.15) is 8.78 Å². The maximum atomic E-state index is 15.2. The number of alkyl halides is 2. The number of nitrogens with one attached hydrogen (secondary N) is 2. The lowest BCUT2D eigenvalue weighted by Gasteiger charge is -2.25. The fraction of sp³-hybridized carbons (Fsp3) is 0.333. The highest BCUT2D eigenvalue weighted by molar-refractivity contribution is 7.98. The number of benzene rings is 2. The third kappa shape index (κ3) is 6.29. The Balaban J connectivity index is 1.46. The summed E-state index contributed by atoms with van der Waals surface area (Å²) in [5.74, 6) is -0.196. The van der Waals surface area contributed by atoms with Gasteiger partial charge >= 0.3 is 12.5 Å². The SMILES string of the molecule is C=S(=O)(c1ccc(NC(C)=O)cc1)N1CCN(c2c(F)cc(N3CC(NC(=O)C(F)F)OC3=O)cc2F)CCO1. The summed E-state index contributed by atoms with van der Waals surface area (Å²) in [6, 6.07) is 7.92. The number of amides is 3. The highest BCUT2D eigenvalue weighted by Crippen LogP contribution is 2.32. The number of carbonyl (C=O) groups is 3. The van der Waals surface area contributed by atoms with Gasteiger partial charge in [-0.25, -0.2) is 17.8 Å². The first kappa shape index (κ1) is 29.1.